The Morgan fingerprint density at radius 1 is 1.19 bits per heavy atom. The van der Waals surface area contributed by atoms with Crippen LogP contribution in [-0.4, -0.2) is 9.55 Å². The van der Waals surface area contributed by atoms with Gasteiger partial charge in [0.2, 0.25) is 0 Å². The number of anilines is 1. The van der Waals surface area contributed by atoms with Crippen LogP contribution in [0.4, 0.5) is 5.82 Å². The van der Waals surface area contributed by atoms with Crippen LogP contribution in [0.3, 0.4) is 0 Å². The maximum absolute atomic E-state index is 6.21. The first-order chi connectivity index (χ1) is 7.75. The Bertz CT molecular complexity index is 371. The van der Waals surface area contributed by atoms with Crippen molar-refractivity contribution in [2.24, 2.45) is 5.92 Å². The molecule has 1 aromatic heterocycles. The lowest BCUT2D eigenvalue weighted by atomic mass is 9.81. The van der Waals surface area contributed by atoms with Crippen molar-refractivity contribution in [2.75, 3.05) is 5.73 Å². The summed E-state index contributed by atoms with van der Waals surface area (Å²) in [5, 5.41) is 0. The maximum atomic E-state index is 6.21. The summed E-state index contributed by atoms with van der Waals surface area (Å²) >= 11 is 0. The summed E-state index contributed by atoms with van der Waals surface area (Å²) in [5.74, 6) is 2.46. The van der Waals surface area contributed by atoms with Gasteiger partial charge >= 0.3 is 0 Å². The van der Waals surface area contributed by atoms with Gasteiger partial charge in [-0.15, -0.1) is 0 Å². The van der Waals surface area contributed by atoms with Gasteiger partial charge in [-0.1, -0.05) is 19.8 Å². The summed E-state index contributed by atoms with van der Waals surface area (Å²) in [7, 11) is 0. The molecule has 3 heteroatoms. The zero-order valence-electron chi connectivity index (χ0n) is 10.0. The van der Waals surface area contributed by atoms with E-state index in [0.29, 0.717) is 12.0 Å². The topological polar surface area (TPSA) is 43.8 Å². The van der Waals surface area contributed by atoms with Crippen molar-refractivity contribution >= 4 is 5.82 Å². The molecule has 3 rings (SSSR count). The third-order valence-electron chi connectivity index (χ3n) is 4.20. The molecule has 2 aliphatic carbocycles. The predicted octanol–water partition coefficient (Wildman–Crippen LogP) is 3.09. The van der Waals surface area contributed by atoms with Gasteiger partial charge < -0.3 is 10.3 Å². The van der Waals surface area contributed by atoms with Gasteiger partial charge in [-0.2, -0.15) is 0 Å². The Balaban J connectivity index is 1.78. The van der Waals surface area contributed by atoms with Crippen LogP contribution in [0.2, 0.25) is 0 Å². The molecule has 2 saturated carbocycles. The zero-order valence-corrected chi connectivity index (χ0v) is 10.0. The summed E-state index contributed by atoms with van der Waals surface area (Å²) in [5.41, 5.74) is 7.39. The molecule has 88 valence electrons. The third-order valence-corrected chi connectivity index (χ3v) is 4.20. The predicted molar refractivity (Wildman–Crippen MR) is 65.3 cm³/mol. The van der Waals surface area contributed by atoms with Gasteiger partial charge in [0.15, 0.2) is 0 Å². The first kappa shape index (κ1) is 10.2. The fourth-order valence-electron chi connectivity index (χ4n) is 2.88. The van der Waals surface area contributed by atoms with Crippen LogP contribution < -0.4 is 5.73 Å². The zero-order chi connectivity index (χ0) is 11.1. The molecule has 0 aromatic carbocycles. The van der Waals surface area contributed by atoms with E-state index in [4.69, 9.17) is 5.73 Å². The van der Waals surface area contributed by atoms with Crippen molar-refractivity contribution in [3.63, 3.8) is 0 Å². The largest absolute Gasteiger partial charge is 0.384 e. The van der Waals surface area contributed by atoms with E-state index in [1.807, 2.05) is 6.33 Å². The molecular weight excluding hydrogens is 198 g/mol. The lowest BCUT2D eigenvalue weighted by Crippen LogP contribution is -2.13. The van der Waals surface area contributed by atoms with E-state index in [-0.39, 0.29) is 0 Å². The summed E-state index contributed by atoms with van der Waals surface area (Å²) in [6, 6.07) is 0.656. The van der Waals surface area contributed by atoms with Crippen LogP contribution in [0, 0.1) is 5.92 Å². The molecule has 2 N–H and O–H groups in total. The molecule has 3 nitrogen and oxygen atoms in total. The molecule has 0 aliphatic heterocycles. The molecule has 0 spiro atoms. The molecule has 1 heterocycles. The SMILES string of the molecule is CC1CCC(c2ncn(C3CC3)c2N)CC1. The van der Waals surface area contributed by atoms with E-state index in [2.05, 4.69) is 16.5 Å². The first-order valence-electron chi connectivity index (χ1n) is 6.58. The van der Waals surface area contributed by atoms with Crippen LogP contribution in [0.1, 0.15) is 63.1 Å². The summed E-state index contributed by atoms with van der Waals surface area (Å²) in [6.07, 6.45) is 9.73. The van der Waals surface area contributed by atoms with Crippen LogP contribution >= 0.6 is 0 Å². The van der Waals surface area contributed by atoms with Crippen molar-refractivity contribution in [1.29, 1.82) is 0 Å². The fraction of sp³-hybridized carbons (Fsp3) is 0.769. The Hall–Kier alpha value is -0.990. The van der Waals surface area contributed by atoms with Crippen LogP contribution in [-0.2, 0) is 0 Å². The summed E-state index contributed by atoms with van der Waals surface area (Å²) in [6.45, 7) is 2.35. The lowest BCUT2D eigenvalue weighted by Gasteiger charge is -2.25. The molecule has 0 atom stereocenters. The number of nitrogens with two attached hydrogens (primary N) is 1. The lowest BCUT2D eigenvalue weighted by molar-refractivity contribution is 0.345. The van der Waals surface area contributed by atoms with Gasteiger partial charge in [-0.3, -0.25) is 0 Å². The van der Waals surface area contributed by atoms with Crippen LogP contribution in [0.15, 0.2) is 6.33 Å². The van der Waals surface area contributed by atoms with Crippen molar-refractivity contribution in [2.45, 2.75) is 57.4 Å². The van der Waals surface area contributed by atoms with Gasteiger partial charge in [-0.05, 0) is 31.6 Å². The number of nitrogen functional groups attached to an aromatic ring is 1. The average Bonchev–Trinajstić information content (AvgIpc) is 3.05. The highest BCUT2D eigenvalue weighted by Crippen LogP contribution is 2.41. The van der Waals surface area contributed by atoms with E-state index in [1.165, 1.54) is 44.2 Å². The smallest absolute Gasteiger partial charge is 0.127 e. The molecule has 0 bridgehead atoms. The number of hydrogen-bond acceptors (Lipinski definition) is 2. The van der Waals surface area contributed by atoms with Crippen LogP contribution in [0.5, 0.6) is 0 Å². The van der Waals surface area contributed by atoms with Gasteiger partial charge in [0.05, 0.1) is 12.0 Å². The summed E-state index contributed by atoms with van der Waals surface area (Å²) < 4.78 is 2.19. The van der Waals surface area contributed by atoms with Gasteiger partial charge in [0.1, 0.15) is 5.82 Å². The number of aromatic nitrogens is 2. The Morgan fingerprint density at radius 3 is 2.50 bits per heavy atom. The highest BCUT2D eigenvalue weighted by atomic mass is 15.2. The fourth-order valence-corrected chi connectivity index (χ4v) is 2.88. The van der Waals surface area contributed by atoms with Gasteiger partial charge in [-0.25, -0.2) is 4.98 Å². The van der Waals surface area contributed by atoms with E-state index < -0.39 is 0 Å². The van der Waals surface area contributed by atoms with E-state index in [9.17, 15) is 0 Å². The second kappa shape index (κ2) is 3.79. The number of hydrogen-bond donors (Lipinski definition) is 1. The highest BCUT2D eigenvalue weighted by molar-refractivity contribution is 5.39. The van der Waals surface area contributed by atoms with Gasteiger partial charge in [0.25, 0.3) is 0 Å². The standard InChI is InChI=1S/C13H21N3/c1-9-2-4-10(5-3-9)12-13(14)16(8-15-12)11-6-7-11/h8-11H,2-7,14H2,1H3. The first-order valence-corrected chi connectivity index (χ1v) is 6.58. The van der Waals surface area contributed by atoms with Crippen molar-refractivity contribution in [1.82, 2.24) is 9.55 Å². The van der Waals surface area contributed by atoms with Crippen molar-refractivity contribution < 1.29 is 0 Å². The van der Waals surface area contributed by atoms with Gasteiger partial charge in [0, 0.05) is 12.0 Å². The molecule has 16 heavy (non-hydrogen) atoms. The molecule has 0 unspecified atom stereocenters. The Kier molecular flexibility index (Phi) is 2.41. The molecule has 0 saturated heterocycles. The quantitative estimate of drug-likeness (QED) is 0.830. The Labute approximate surface area is 97.0 Å². The molecular formula is C13H21N3. The molecule has 2 aliphatic rings. The third kappa shape index (κ3) is 1.72. The normalized spacial score (nSPS) is 30.6. The number of nitrogens with zero attached hydrogens (tertiary/aromatic N) is 2. The highest BCUT2D eigenvalue weighted by Gasteiger charge is 2.29. The maximum Gasteiger partial charge on any atom is 0.127 e. The molecule has 1 aromatic rings. The minimum atomic E-state index is 0.621. The monoisotopic (exact) mass is 219 g/mol. The van der Waals surface area contributed by atoms with E-state index in [1.54, 1.807) is 0 Å². The second-order valence-electron chi connectivity index (χ2n) is 5.61. The Morgan fingerprint density at radius 2 is 1.88 bits per heavy atom. The van der Waals surface area contributed by atoms with E-state index >= 15 is 0 Å². The summed E-state index contributed by atoms with van der Waals surface area (Å²) in [4.78, 5) is 4.56. The molecule has 2 fully saturated rings. The van der Waals surface area contributed by atoms with Crippen molar-refractivity contribution in [3.8, 4) is 0 Å². The van der Waals surface area contributed by atoms with Crippen molar-refractivity contribution in [3.05, 3.63) is 12.0 Å². The number of rotatable bonds is 2. The van der Waals surface area contributed by atoms with Crippen LogP contribution in [0.25, 0.3) is 0 Å². The average molecular weight is 219 g/mol. The minimum Gasteiger partial charge on any atom is -0.384 e. The number of imidazole rings is 1. The second-order valence-corrected chi connectivity index (χ2v) is 5.61. The molecule has 0 radical (unpaired) electrons. The van der Waals surface area contributed by atoms with E-state index in [0.717, 1.165) is 11.7 Å². The molecule has 0 amide bonds. The minimum absolute atomic E-state index is 0.621.